The van der Waals surface area contributed by atoms with Crippen LogP contribution in [-0.4, -0.2) is 13.1 Å². The van der Waals surface area contributed by atoms with E-state index in [4.69, 9.17) is 4.74 Å². The lowest BCUT2D eigenvalue weighted by molar-refractivity contribution is -0.142. The lowest BCUT2D eigenvalue weighted by atomic mass is 9.94. The molecule has 1 rings (SSSR count). The molecule has 0 aliphatic carbocycles. The maximum Gasteiger partial charge on any atom is 0.313 e. The summed E-state index contributed by atoms with van der Waals surface area (Å²) in [6.07, 6.45) is 7.18. The normalized spacial score (nSPS) is 12.7. The van der Waals surface area contributed by atoms with Crippen LogP contribution < -0.4 is 0 Å². The molecule has 0 saturated heterocycles. The molecule has 0 radical (unpaired) electrons. The SMILES string of the molecule is COC(=O)C(C/C=C(\C)CCC=C(C)C)c1ccccc1. The number of hydrogen-bond donors (Lipinski definition) is 0. The Labute approximate surface area is 128 Å². The van der Waals surface area contributed by atoms with Crippen molar-refractivity contribution < 1.29 is 9.53 Å². The van der Waals surface area contributed by atoms with Crippen molar-refractivity contribution >= 4 is 5.97 Å². The van der Waals surface area contributed by atoms with Gasteiger partial charge in [0, 0.05) is 0 Å². The zero-order valence-electron chi connectivity index (χ0n) is 13.6. The molecule has 1 aromatic rings. The minimum absolute atomic E-state index is 0.172. The van der Waals surface area contributed by atoms with Crippen LogP contribution in [0.4, 0.5) is 0 Å². The fourth-order valence-electron chi connectivity index (χ4n) is 2.21. The van der Waals surface area contributed by atoms with Gasteiger partial charge in [-0.3, -0.25) is 4.79 Å². The number of methoxy groups -OCH3 is 1. The second kappa shape index (κ2) is 9.17. The molecule has 0 amide bonds. The summed E-state index contributed by atoms with van der Waals surface area (Å²) in [4.78, 5) is 12.0. The third-order valence-electron chi connectivity index (χ3n) is 3.48. The van der Waals surface area contributed by atoms with Crippen molar-refractivity contribution in [1.82, 2.24) is 0 Å². The summed E-state index contributed by atoms with van der Waals surface area (Å²) in [5.41, 5.74) is 3.68. The Kier molecular flexibility index (Phi) is 7.52. The average molecular weight is 286 g/mol. The monoisotopic (exact) mass is 286 g/mol. The predicted octanol–water partition coefficient (Wildman–Crippen LogP) is 5.03. The van der Waals surface area contributed by atoms with E-state index in [-0.39, 0.29) is 11.9 Å². The quantitative estimate of drug-likeness (QED) is 0.519. The van der Waals surface area contributed by atoms with E-state index in [1.54, 1.807) is 0 Å². The van der Waals surface area contributed by atoms with Crippen LogP contribution in [0, 0.1) is 0 Å². The van der Waals surface area contributed by atoms with Crippen LogP contribution in [0.1, 0.15) is 51.5 Å². The van der Waals surface area contributed by atoms with Crippen LogP contribution in [0.15, 0.2) is 53.6 Å². The van der Waals surface area contributed by atoms with E-state index in [9.17, 15) is 4.79 Å². The summed E-state index contributed by atoms with van der Waals surface area (Å²) in [6.45, 7) is 6.35. The fourth-order valence-corrected chi connectivity index (χ4v) is 2.21. The molecule has 2 nitrogen and oxygen atoms in total. The smallest absolute Gasteiger partial charge is 0.313 e. The number of hydrogen-bond acceptors (Lipinski definition) is 2. The van der Waals surface area contributed by atoms with E-state index >= 15 is 0 Å². The van der Waals surface area contributed by atoms with Crippen molar-refractivity contribution in [2.75, 3.05) is 7.11 Å². The van der Waals surface area contributed by atoms with Gasteiger partial charge in [0.2, 0.25) is 0 Å². The minimum Gasteiger partial charge on any atom is -0.469 e. The molecule has 0 heterocycles. The van der Waals surface area contributed by atoms with Crippen molar-refractivity contribution in [2.45, 2.75) is 46.0 Å². The van der Waals surface area contributed by atoms with Gasteiger partial charge < -0.3 is 4.74 Å². The van der Waals surface area contributed by atoms with Crippen LogP contribution >= 0.6 is 0 Å². The molecule has 0 fully saturated rings. The zero-order valence-corrected chi connectivity index (χ0v) is 13.6. The first-order chi connectivity index (χ1) is 10.0. The zero-order chi connectivity index (χ0) is 15.7. The molecular weight excluding hydrogens is 260 g/mol. The standard InChI is InChI=1S/C19H26O2/c1-15(2)9-8-10-16(3)13-14-18(19(20)21-4)17-11-6-5-7-12-17/h5-7,9,11-13,18H,8,10,14H2,1-4H3/b16-13+. The fraction of sp³-hybridized carbons (Fsp3) is 0.421. The van der Waals surface area contributed by atoms with E-state index in [0.29, 0.717) is 6.42 Å². The third-order valence-corrected chi connectivity index (χ3v) is 3.48. The van der Waals surface area contributed by atoms with Crippen LogP contribution in [0.25, 0.3) is 0 Å². The summed E-state index contributed by atoms with van der Waals surface area (Å²) in [5.74, 6) is -0.385. The summed E-state index contributed by atoms with van der Waals surface area (Å²) in [5, 5.41) is 0. The van der Waals surface area contributed by atoms with Crippen LogP contribution in [0.2, 0.25) is 0 Å². The van der Waals surface area contributed by atoms with Crippen molar-refractivity contribution in [3.8, 4) is 0 Å². The number of benzene rings is 1. The second-order valence-corrected chi connectivity index (χ2v) is 5.59. The number of allylic oxidation sites excluding steroid dienone is 4. The number of rotatable bonds is 7. The van der Waals surface area contributed by atoms with Gasteiger partial charge in [-0.2, -0.15) is 0 Å². The molecule has 1 unspecified atom stereocenters. The first-order valence-corrected chi connectivity index (χ1v) is 7.46. The third kappa shape index (κ3) is 6.44. The van der Waals surface area contributed by atoms with Crippen LogP contribution in [0.3, 0.4) is 0 Å². The molecular formula is C19H26O2. The number of carbonyl (C=O) groups excluding carboxylic acids is 1. The number of esters is 1. The highest BCUT2D eigenvalue weighted by Gasteiger charge is 2.19. The maximum absolute atomic E-state index is 12.0. The number of carbonyl (C=O) groups is 1. The van der Waals surface area contributed by atoms with Gasteiger partial charge >= 0.3 is 5.97 Å². The van der Waals surface area contributed by atoms with Gasteiger partial charge in [0.15, 0.2) is 0 Å². The molecule has 0 saturated carbocycles. The minimum atomic E-state index is -0.213. The number of ether oxygens (including phenoxy) is 1. The Hall–Kier alpha value is -1.83. The lowest BCUT2D eigenvalue weighted by Crippen LogP contribution is -2.13. The topological polar surface area (TPSA) is 26.3 Å². The van der Waals surface area contributed by atoms with Crippen LogP contribution in [0.5, 0.6) is 0 Å². The highest BCUT2D eigenvalue weighted by molar-refractivity contribution is 5.78. The van der Waals surface area contributed by atoms with Crippen molar-refractivity contribution in [3.05, 3.63) is 59.2 Å². The second-order valence-electron chi connectivity index (χ2n) is 5.59. The van der Waals surface area contributed by atoms with Crippen molar-refractivity contribution in [3.63, 3.8) is 0 Å². The largest absolute Gasteiger partial charge is 0.469 e. The van der Waals surface area contributed by atoms with Gasteiger partial charge in [0.1, 0.15) is 0 Å². The molecule has 0 N–H and O–H groups in total. The highest BCUT2D eigenvalue weighted by Crippen LogP contribution is 2.23. The summed E-state index contributed by atoms with van der Waals surface area (Å²) < 4.78 is 4.93. The van der Waals surface area contributed by atoms with Crippen molar-refractivity contribution in [2.24, 2.45) is 0 Å². The maximum atomic E-state index is 12.0. The molecule has 0 aliphatic rings. The van der Waals surface area contributed by atoms with E-state index in [1.165, 1.54) is 18.3 Å². The summed E-state index contributed by atoms with van der Waals surface area (Å²) >= 11 is 0. The van der Waals surface area contributed by atoms with Gasteiger partial charge in [-0.25, -0.2) is 0 Å². The van der Waals surface area contributed by atoms with Crippen LogP contribution in [-0.2, 0) is 9.53 Å². The Morgan fingerprint density at radius 3 is 2.38 bits per heavy atom. The van der Waals surface area contributed by atoms with Gasteiger partial charge in [-0.15, -0.1) is 0 Å². The molecule has 0 spiro atoms. The molecule has 2 heteroatoms. The Morgan fingerprint density at radius 2 is 1.81 bits per heavy atom. The summed E-state index contributed by atoms with van der Waals surface area (Å²) in [7, 11) is 1.45. The molecule has 114 valence electrons. The average Bonchev–Trinajstić information content (AvgIpc) is 2.47. The summed E-state index contributed by atoms with van der Waals surface area (Å²) in [6, 6.07) is 9.83. The lowest BCUT2D eigenvalue weighted by Gasteiger charge is -2.13. The molecule has 1 atom stereocenters. The Bertz CT molecular complexity index is 494. The molecule has 1 aromatic carbocycles. The molecule has 0 aliphatic heterocycles. The first-order valence-electron chi connectivity index (χ1n) is 7.46. The van der Waals surface area contributed by atoms with E-state index in [0.717, 1.165) is 18.4 Å². The first kappa shape index (κ1) is 17.2. The van der Waals surface area contributed by atoms with Crippen molar-refractivity contribution in [1.29, 1.82) is 0 Å². The molecule has 21 heavy (non-hydrogen) atoms. The van der Waals surface area contributed by atoms with E-state index < -0.39 is 0 Å². The molecule has 0 bridgehead atoms. The van der Waals surface area contributed by atoms with Gasteiger partial charge in [-0.05, 0) is 45.6 Å². The highest BCUT2D eigenvalue weighted by atomic mass is 16.5. The molecule has 0 aromatic heterocycles. The van der Waals surface area contributed by atoms with E-state index in [2.05, 4.69) is 32.9 Å². The van der Waals surface area contributed by atoms with Gasteiger partial charge in [-0.1, -0.05) is 53.6 Å². The Balaban J connectivity index is 2.70. The van der Waals surface area contributed by atoms with E-state index in [1.807, 2.05) is 30.3 Å². The van der Waals surface area contributed by atoms with Gasteiger partial charge in [0.25, 0.3) is 0 Å². The van der Waals surface area contributed by atoms with Gasteiger partial charge in [0.05, 0.1) is 13.0 Å². The Morgan fingerprint density at radius 1 is 1.14 bits per heavy atom. The predicted molar refractivity (Wildman–Crippen MR) is 88.2 cm³/mol.